The van der Waals surface area contributed by atoms with Gasteiger partial charge < -0.3 is 0 Å². The molecule has 0 radical (unpaired) electrons. The van der Waals surface area contributed by atoms with E-state index in [1.807, 2.05) is 0 Å². The molecule has 0 rings (SSSR count). The summed E-state index contributed by atoms with van der Waals surface area (Å²) in [5.74, 6) is 0. The molecule has 0 heterocycles. The Labute approximate surface area is 128 Å². The summed E-state index contributed by atoms with van der Waals surface area (Å²) in [5.41, 5.74) is 0. The molecule has 1 heteroatoms. The van der Waals surface area contributed by atoms with Crippen LogP contribution in [0.15, 0.2) is 24.3 Å². The summed E-state index contributed by atoms with van der Waals surface area (Å²) in [6.45, 7) is 2.28. The fraction of sp³-hybridized carbons (Fsp3) is 0.765. The molecule has 0 spiro atoms. The fourth-order valence-corrected chi connectivity index (χ4v) is 2.35. The summed E-state index contributed by atoms with van der Waals surface area (Å²) in [4.78, 5) is 0. The number of rotatable bonds is 13. The number of hydrogen-bond acceptors (Lipinski definition) is 0. The zero-order chi connectivity index (χ0) is 13.3. The minimum Gasteiger partial charge on any atom is -0.0860 e. The first kappa shape index (κ1) is 18.2. The van der Waals surface area contributed by atoms with Gasteiger partial charge in [-0.2, -0.15) is 0 Å². The summed E-state index contributed by atoms with van der Waals surface area (Å²) < 4.78 is 1.22. The lowest BCUT2D eigenvalue weighted by Gasteiger charge is -2.00. The van der Waals surface area contributed by atoms with Crippen LogP contribution in [0.25, 0.3) is 0 Å². The molecule has 0 aliphatic carbocycles. The van der Waals surface area contributed by atoms with Crippen molar-refractivity contribution in [2.45, 2.75) is 77.6 Å². The Balaban J connectivity index is 3.07. The lowest BCUT2D eigenvalue weighted by atomic mass is 10.1. The largest absolute Gasteiger partial charge is 0.0860 e. The van der Waals surface area contributed by atoms with Crippen molar-refractivity contribution < 1.29 is 0 Å². The Morgan fingerprint density at radius 1 is 0.667 bits per heavy atom. The number of halogens is 1. The van der Waals surface area contributed by atoms with E-state index in [1.165, 1.54) is 75.1 Å². The van der Waals surface area contributed by atoms with Gasteiger partial charge in [0, 0.05) is 4.43 Å². The second kappa shape index (κ2) is 17.2. The van der Waals surface area contributed by atoms with Crippen LogP contribution < -0.4 is 0 Å². The van der Waals surface area contributed by atoms with Crippen LogP contribution >= 0.6 is 22.6 Å². The van der Waals surface area contributed by atoms with E-state index in [4.69, 9.17) is 0 Å². The normalized spacial score (nSPS) is 11.9. The summed E-state index contributed by atoms with van der Waals surface area (Å²) in [7, 11) is 0. The van der Waals surface area contributed by atoms with E-state index in [0.717, 1.165) is 0 Å². The second-order valence-corrected chi connectivity index (χ2v) is 6.03. The van der Waals surface area contributed by atoms with E-state index in [1.54, 1.807) is 0 Å². The highest BCUT2D eigenvalue weighted by Gasteiger charge is 1.90. The molecule has 106 valence electrons. The van der Waals surface area contributed by atoms with Crippen LogP contribution in [-0.4, -0.2) is 4.43 Å². The molecule has 0 aliphatic rings. The van der Waals surface area contributed by atoms with Gasteiger partial charge in [0.15, 0.2) is 0 Å². The molecule has 0 aliphatic heterocycles. The van der Waals surface area contributed by atoms with E-state index in [9.17, 15) is 0 Å². The standard InChI is InChI=1S/C17H31I/c1-2-3-4-5-6-7-8-9-10-11-12-13-14-15-16-17-18/h12-15H,2-11,16-17H2,1H3. The molecule has 0 saturated carbocycles. The maximum Gasteiger partial charge on any atom is 0.00300 e. The van der Waals surface area contributed by atoms with E-state index >= 15 is 0 Å². The summed E-state index contributed by atoms with van der Waals surface area (Å²) in [6.07, 6.45) is 24.2. The van der Waals surface area contributed by atoms with Gasteiger partial charge >= 0.3 is 0 Å². The maximum atomic E-state index is 2.41. The smallest absolute Gasteiger partial charge is 0.00300 e. The number of unbranched alkanes of at least 4 members (excludes halogenated alkanes) is 9. The number of alkyl halides is 1. The summed E-state index contributed by atoms with van der Waals surface area (Å²) >= 11 is 2.41. The first-order chi connectivity index (χ1) is 8.91. The molecule has 0 amide bonds. The molecule has 0 aromatic heterocycles. The van der Waals surface area contributed by atoms with E-state index in [0.29, 0.717) is 0 Å². The Morgan fingerprint density at radius 2 is 1.17 bits per heavy atom. The minimum atomic E-state index is 1.20. The predicted octanol–water partition coefficient (Wildman–Crippen LogP) is 6.84. The number of allylic oxidation sites excluding steroid dienone is 4. The minimum absolute atomic E-state index is 1.20. The third-order valence-corrected chi connectivity index (χ3v) is 3.76. The zero-order valence-electron chi connectivity index (χ0n) is 12.2. The Kier molecular flexibility index (Phi) is 17.4. The van der Waals surface area contributed by atoms with Crippen molar-refractivity contribution >= 4 is 22.6 Å². The van der Waals surface area contributed by atoms with Crippen LogP contribution in [0.4, 0.5) is 0 Å². The SMILES string of the molecule is CCCCCCCCCCCC=CC=CCCI. The maximum absolute atomic E-state index is 2.41. The van der Waals surface area contributed by atoms with Gasteiger partial charge in [-0.3, -0.25) is 0 Å². The molecular weight excluding hydrogens is 331 g/mol. The van der Waals surface area contributed by atoms with Crippen LogP contribution in [0.3, 0.4) is 0 Å². The topological polar surface area (TPSA) is 0 Å². The first-order valence-electron chi connectivity index (χ1n) is 7.79. The quantitative estimate of drug-likeness (QED) is 0.146. The highest BCUT2D eigenvalue weighted by molar-refractivity contribution is 14.1. The first-order valence-corrected chi connectivity index (χ1v) is 9.32. The van der Waals surface area contributed by atoms with Gasteiger partial charge in [0.2, 0.25) is 0 Å². The van der Waals surface area contributed by atoms with Crippen LogP contribution in [0, 0.1) is 0 Å². The van der Waals surface area contributed by atoms with Gasteiger partial charge in [0.05, 0.1) is 0 Å². The molecule has 0 nitrogen and oxygen atoms in total. The van der Waals surface area contributed by atoms with Gasteiger partial charge in [0.1, 0.15) is 0 Å². The van der Waals surface area contributed by atoms with Gasteiger partial charge in [-0.1, -0.05) is 105 Å². The lowest BCUT2D eigenvalue weighted by Crippen LogP contribution is -1.80. The molecule has 0 aromatic carbocycles. The van der Waals surface area contributed by atoms with Crippen LogP contribution in [0.1, 0.15) is 77.6 Å². The van der Waals surface area contributed by atoms with Crippen molar-refractivity contribution in [1.82, 2.24) is 0 Å². The van der Waals surface area contributed by atoms with E-state index < -0.39 is 0 Å². The monoisotopic (exact) mass is 362 g/mol. The summed E-state index contributed by atoms with van der Waals surface area (Å²) in [5, 5.41) is 0. The van der Waals surface area contributed by atoms with Crippen molar-refractivity contribution in [3.8, 4) is 0 Å². The molecule has 0 saturated heterocycles. The lowest BCUT2D eigenvalue weighted by molar-refractivity contribution is 0.566. The van der Waals surface area contributed by atoms with Crippen molar-refractivity contribution in [2.24, 2.45) is 0 Å². The Bertz CT molecular complexity index is 194. The van der Waals surface area contributed by atoms with Crippen molar-refractivity contribution in [3.05, 3.63) is 24.3 Å². The molecular formula is C17H31I. The highest BCUT2D eigenvalue weighted by atomic mass is 127. The molecule has 0 atom stereocenters. The van der Waals surface area contributed by atoms with E-state index in [-0.39, 0.29) is 0 Å². The molecule has 0 fully saturated rings. The molecule has 18 heavy (non-hydrogen) atoms. The average Bonchev–Trinajstić information content (AvgIpc) is 2.39. The van der Waals surface area contributed by atoms with Gasteiger partial charge in [-0.25, -0.2) is 0 Å². The molecule has 0 unspecified atom stereocenters. The van der Waals surface area contributed by atoms with Gasteiger partial charge in [-0.05, 0) is 19.3 Å². The second-order valence-electron chi connectivity index (χ2n) is 4.95. The predicted molar refractivity (Wildman–Crippen MR) is 93.6 cm³/mol. The molecule has 0 aromatic rings. The number of hydrogen-bond donors (Lipinski definition) is 0. The Morgan fingerprint density at radius 3 is 1.72 bits per heavy atom. The van der Waals surface area contributed by atoms with Crippen LogP contribution in [0.5, 0.6) is 0 Å². The molecule has 0 N–H and O–H groups in total. The van der Waals surface area contributed by atoms with Gasteiger partial charge in [0.25, 0.3) is 0 Å². The van der Waals surface area contributed by atoms with Crippen molar-refractivity contribution in [3.63, 3.8) is 0 Å². The van der Waals surface area contributed by atoms with Crippen molar-refractivity contribution in [1.29, 1.82) is 0 Å². The van der Waals surface area contributed by atoms with Crippen LogP contribution in [-0.2, 0) is 0 Å². The summed E-state index contributed by atoms with van der Waals surface area (Å²) in [6, 6.07) is 0. The highest BCUT2D eigenvalue weighted by Crippen LogP contribution is 2.10. The third-order valence-electron chi connectivity index (χ3n) is 3.13. The zero-order valence-corrected chi connectivity index (χ0v) is 14.3. The van der Waals surface area contributed by atoms with Crippen LogP contribution in [0.2, 0.25) is 0 Å². The third kappa shape index (κ3) is 16.2. The van der Waals surface area contributed by atoms with E-state index in [2.05, 4.69) is 53.8 Å². The van der Waals surface area contributed by atoms with Gasteiger partial charge in [-0.15, -0.1) is 0 Å². The fourth-order valence-electron chi connectivity index (χ4n) is 1.99. The Hall–Kier alpha value is 0.210. The molecule has 0 bridgehead atoms. The van der Waals surface area contributed by atoms with Crippen molar-refractivity contribution in [2.75, 3.05) is 4.43 Å². The average molecular weight is 362 g/mol.